The van der Waals surface area contributed by atoms with E-state index in [1.165, 1.54) is 22.4 Å². The van der Waals surface area contributed by atoms with Crippen molar-refractivity contribution >= 4 is 33.4 Å². The van der Waals surface area contributed by atoms with E-state index in [0.717, 1.165) is 16.0 Å². The lowest BCUT2D eigenvalue weighted by Crippen LogP contribution is -2.19. The summed E-state index contributed by atoms with van der Waals surface area (Å²) < 4.78 is 1.16. The molecule has 0 aliphatic carbocycles. The van der Waals surface area contributed by atoms with E-state index >= 15 is 0 Å². The first kappa shape index (κ1) is 13.1. The maximum absolute atomic E-state index is 3.70. The topological polar surface area (TPSA) is 12.0 Å². The first-order valence-corrected chi connectivity index (χ1v) is 8.37. The van der Waals surface area contributed by atoms with Crippen LogP contribution >= 0.6 is 27.7 Å². The number of anilines is 1. The molecule has 0 saturated heterocycles. The van der Waals surface area contributed by atoms with Crippen molar-refractivity contribution in [3.8, 4) is 0 Å². The van der Waals surface area contributed by atoms with Crippen molar-refractivity contribution in [1.29, 1.82) is 0 Å². The van der Waals surface area contributed by atoms with Gasteiger partial charge in [-0.25, -0.2) is 0 Å². The van der Waals surface area contributed by atoms with Crippen molar-refractivity contribution < 1.29 is 0 Å². The normalized spacial score (nSPS) is 17.9. The molecule has 1 heterocycles. The minimum absolute atomic E-state index is 0.406. The average molecular weight is 334 g/mol. The number of nitrogens with one attached hydrogen (secondary N) is 1. The molecule has 3 rings (SSSR count). The van der Waals surface area contributed by atoms with Crippen LogP contribution in [-0.4, -0.2) is 5.75 Å². The lowest BCUT2D eigenvalue weighted by molar-refractivity contribution is 0.869. The van der Waals surface area contributed by atoms with Crippen molar-refractivity contribution in [3.05, 3.63) is 63.6 Å². The number of benzene rings is 2. The summed E-state index contributed by atoms with van der Waals surface area (Å²) in [4.78, 5) is 0. The number of halogens is 1. The van der Waals surface area contributed by atoms with Crippen LogP contribution in [0.25, 0.3) is 0 Å². The second-order valence-electron chi connectivity index (χ2n) is 4.82. The number of rotatable bonds is 2. The summed E-state index contributed by atoms with van der Waals surface area (Å²) in [5.74, 6) is 2.26. The Hall–Kier alpha value is -0.930. The maximum atomic E-state index is 3.70. The van der Waals surface area contributed by atoms with Gasteiger partial charge in [0.1, 0.15) is 0 Å². The Balaban J connectivity index is 1.91. The first-order valence-electron chi connectivity index (χ1n) is 6.43. The average Bonchev–Trinajstić information content (AvgIpc) is 2.44. The van der Waals surface area contributed by atoms with E-state index in [1.54, 1.807) is 0 Å². The van der Waals surface area contributed by atoms with E-state index in [4.69, 9.17) is 0 Å². The summed E-state index contributed by atoms with van der Waals surface area (Å²) in [6, 6.07) is 15.5. The Morgan fingerprint density at radius 3 is 2.89 bits per heavy atom. The Labute approximate surface area is 126 Å². The Morgan fingerprint density at radius 2 is 2.00 bits per heavy atom. The maximum Gasteiger partial charge on any atom is 0.0607 e. The number of fused-ring (bicyclic) bond motifs is 1. The quantitative estimate of drug-likeness (QED) is 0.814. The van der Waals surface area contributed by atoms with Crippen molar-refractivity contribution in [2.75, 3.05) is 11.1 Å². The van der Waals surface area contributed by atoms with E-state index in [0.29, 0.717) is 6.04 Å². The highest BCUT2D eigenvalue weighted by Gasteiger charge is 2.20. The largest absolute Gasteiger partial charge is 0.377 e. The Morgan fingerprint density at radius 1 is 1.16 bits per heavy atom. The fourth-order valence-electron chi connectivity index (χ4n) is 2.45. The molecule has 0 fully saturated rings. The molecular formula is C16H16BrNS. The standard InChI is InChI=1S/C16H16BrNS/c1-11-14(17)7-4-8-15(11)18-16-10-19-9-12-5-2-3-6-13(12)16/h2-8,16,18H,9-10H2,1H3. The number of hydrogen-bond donors (Lipinski definition) is 1. The molecule has 1 N–H and O–H groups in total. The van der Waals surface area contributed by atoms with Gasteiger partial charge in [0.15, 0.2) is 0 Å². The third kappa shape index (κ3) is 2.67. The predicted octanol–water partition coefficient (Wildman–Crippen LogP) is 5.16. The minimum Gasteiger partial charge on any atom is -0.377 e. The van der Waals surface area contributed by atoms with Gasteiger partial charge in [0.25, 0.3) is 0 Å². The zero-order valence-electron chi connectivity index (χ0n) is 10.8. The third-order valence-electron chi connectivity index (χ3n) is 3.57. The summed E-state index contributed by atoms with van der Waals surface area (Å²) in [6.07, 6.45) is 0. The molecule has 0 radical (unpaired) electrons. The first-order chi connectivity index (χ1) is 9.25. The molecule has 1 aliphatic rings. The van der Waals surface area contributed by atoms with Gasteiger partial charge < -0.3 is 5.32 Å². The van der Waals surface area contributed by atoms with E-state index < -0.39 is 0 Å². The van der Waals surface area contributed by atoms with Gasteiger partial charge in [-0.1, -0.05) is 46.3 Å². The molecule has 0 bridgehead atoms. The van der Waals surface area contributed by atoms with Gasteiger partial charge in [0.2, 0.25) is 0 Å². The van der Waals surface area contributed by atoms with Crippen LogP contribution in [0.4, 0.5) is 5.69 Å². The van der Waals surface area contributed by atoms with Crippen LogP contribution in [0.3, 0.4) is 0 Å². The number of hydrogen-bond acceptors (Lipinski definition) is 2. The van der Waals surface area contributed by atoms with Gasteiger partial charge in [-0.3, -0.25) is 0 Å². The second-order valence-corrected chi connectivity index (χ2v) is 6.71. The predicted molar refractivity (Wildman–Crippen MR) is 87.8 cm³/mol. The van der Waals surface area contributed by atoms with Crippen molar-refractivity contribution in [1.82, 2.24) is 0 Å². The van der Waals surface area contributed by atoms with E-state index in [2.05, 4.69) is 70.6 Å². The molecule has 2 aromatic rings. The third-order valence-corrected chi connectivity index (χ3v) is 5.51. The Kier molecular flexibility index (Phi) is 3.85. The molecule has 3 heteroatoms. The molecule has 0 aromatic heterocycles. The van der Waals surface area contributed by atoms with Gasteiger partial charge in [-0.05, 0) is 35.7 Å². The molecule has 2 aromatic carbocycles. The van der Waals surface area contributed by atoms with Gasteiger partial charge in [-0.2, -0.15) is 11.8 Å². The molecule has 1 nitrogen and oxygen atoms in total. The van der Waals surface area contributed by atoms with Crippen LogP contribution in [0, 0.1) is 6.92 Å². The van der Waals surface area contributed by atoms with Gasteiger partial charge in [0.05, 0.1) is 6.04 Å². The molecule has 0 saturated carbocycles. The van der Waals surface area contributed by atoms with Crippen LogP contribution in [0.1, 0.15) is 22.7 Å². The summed E-state index contributed by atoms with van der Waals surface area (Å²) in [6.45, 7) is 2.15. The molecule has 1 unspecified atom stereocenters. The van der Waals surface area contributed by atoms with Gasteiger partial charge in [-0.15, -0.1) is 0 Å². The number of thioether (sulfide) groups is 1. The fraction of sp³-hybridized carbons (Fsp3) is 0.250. The monoisotopic (exact) mass is 333 g/mol. The highest BCUT2D eigenvalue weighted by Crippen LogP contribution is 2.35. The minimum atomic E-state index is 0.406. The molecule has 19 heavy (non-hydrogen) atoms. The SMILES string of the molecule is Cc1c(Br)cccc1NC1CSCc2ccccc21. The highest BCUT2D eigenvalue weighted by molar-refractivity contribution is 9.10. The Bertz CT molecular complexity index is 597. The van der Waals surface area contributed by atoms with Gasteiger partial charge >= 0.3 is 0 Å². The highest BCUT2D eigenvalue weighted by atomic mass is 79.9. The smallest absolute Gasteiger partial charge is 0.0607 e. The molecule has 1 aliphatic heterocycles. The second kappa shape index (κ2) is 5.59. The van der Waals surface area contributed by atoms with Crippen molar-refractivity contribution in [2.24, 2.45) is 0 Å². The van der Waals surface area contributed by atoms with E-state index in [1.807, 2.05) is 11.8 Å². The molecule has 1 atom stereocenters. The van der Waals surface area contributed by atoms with Crippen molar-refractivity contribution in [3.63, 3.8) is 0 Å². The van der Waals surface area contributed by atoms with Crippen LogP contribution < -0.4 is 5.32 Å². The lowest BCUT2D eigenvalue weighted by atomic mass is 10.0. The van der Waals surface area contributed by atoms with Crippen LogP contribution in [0.15, 0.2) is 46.9 Å². The van der Waals surface area contributed by atoms with E-state index in [-0.39, 0.29) is 0 Å². The van der Waals surface area contributed by atoms with Crippen LogP contribution in [0.2, 0.25) is 0 Å². The molecular weight excluding hydrogens is 318 g/mol. The van der Waals surface area contributed by atoms with Gasteiger partial charge in [0, 0.05) is 21.7 Å². The zero-order valence-corrected chi connectivity index (χ0v) is 13.2. The van der Waals surface area contributed by atoms with Crippen LogP contribution in [-0.2, 0) is 5.75 Å². The summed E-state index contributed by atoms with van der Waals surface area (Å²) in [7, 11) is 0. The summed E-state index contributed by atoms with van der Waals surface area (Å²) in [5, 5.41) is 3.70. The fourth-order valence-corrected chi connectivity index (χ4v) is 3.92. The molecule has 0 spiro atoms. The summed E-state index contributed by atoms with van der Waals surface area (Å²) in [5.41, 5.74) is 5.40. The van der Waals surface area contributed by atoms with Crippen LogP contribution in [0.5, 0.6) is 0 Å². The summed E-state index contributed by atoms with van der Waals surface area (Å²) >= 11 is 5.60. The lowest BCUT2D eigenvalue weighted by Gasteiger charge is -2.27. The molecule has 0 amide bonds. The molecule has 98 valence electrons. The van der Waals surface area contributed by atoms with E-state index in [9.17, 15) is 0 Å². The van der Waals surface area contributed by atoms with Crippen molar-refractivity contribution in [2.45, 2.75) is 18.7 Å². The zero-order chi connectivity index (χ0) is 13.2.